The predicted octanol–water partition coefficient (Wildman–Crippen LogP) is -1.22. The summed E-state index contributed by atoms with van der Waals surface area (Å²) in [5.74, 6) is -2.63. The number of rotatable bonds is 3. The normalized spacial score (nSPS) is 15.7. The van der Waals surface area contributed by atoms with Crippen LogP contribution in [-0.2, 0) is 0 Å². The molecule has 0 radical (unpaired) electrons. The Labute approximate surface area is 53.4 Å². The van der Waals surface area contributed by atoms with Crippen LogP contribution in [0, 0.1) is 0 Å². The van der Waals surface area contributed by atoms with E-state index < -0.39 is 12.1 Å². The minimum Gasteiger partial charge on any atom is -0.393 e. The van der Waals surface area contributed by atoms with Crippen LogP contribution in [0.2, 0.25) is 0 Å². The van der Waals surface area contributed by atoms with E-state index in [-0.39, 0.29) is 12.8 Å². The topological polar surface area (TPSA) is 80.9 Å². The Bertz CT molecular complexity index is 73.5. The number of aliphatic hydroxyl groups excluding tert-OH is 1. The fourth-order valence-electron chi connectivity index (χ4n) is 0.403. The summed E-state index contributed by atoms with van der Waals surface area (Å²) in [6, 6.07) is 0. The molecule has 0 aromatic rings. The Morgan fingerprint density at radius 2 is 1.78 bits per heavy atom. The van der Waals surface area contributed by atoms with Gasteiger partial charge in [0.05, 0.1) is 6.10 Å². The highest BCUT2D eigenvalue weighted by molar-refractivity contribution is 4.52. The Balaban J connectivity index is 3.28. The molecule has 0 aromatic heterocycles. The molecule has 4 nitrogen and oxygen atoms in total. The van der Waals surface area contributed by atoms with E-state index in [1.807, 2.05) is 0 Å². The molecule has 0 spiro atoms. The van der Waals surface area contributed by atoms with Gasteiger partial charge in [-0.1, -0.05) is 0 Å². The van der Waals surface area contributed by atoms with Crippen LogP contribution in [0.15, 0.2) is 0 Å². The molecule has 0 rings (SSSR count). The van der Waals surface area contributed by atoms with E-state index in [0.29, 0.717) is 0 Å². The zero-order valence-electron chi connectivity index (χ0n) is 5.28. The third-order valence-electron chi connectivity index (χ3n) is 0.898. The Hall–Kier alpha value is -0.160. The van der Waals surface area contributed by atoms with Gasteiger partial charge in [-0.05, 0) is 13.3 Å². The van der Waals surface area contributed by atoms with E-state index in [0.717, 1.165) is 0 Å². The van der Waals surface area contributed by atoms with Crippen molar-refractivity contribution in [1.82, 2.24) is 0 Å². The molecular formula is C5H12O4. The van der Waals surface area contributed by atoms with Gasteiger partial charge in [-0.15, -0.1) is 0 Å². The third kappa shape index (κ3) is 7.84. The second-order valence-electron chi connectivity index (χ2n) is 2.16. The van der Waals surface area contributed by atoms with Crippen LogP contribution in [0.1, 0.15) is 19.8 Å². The average Bonchev–Trinajstić information content (AvgIpc) is 1.59. The Kier molecular flexibility index (Phi) is 3.07. The lowest BCUT2D eigenvalue weighted by molar-refractivity contribution is -0.316. The van der Waals surface area contributed by atoms with Crippen LogP contribution >= 0.6 is 0 Å². The molecule has 4 N–H and O–H groups in total. The molecule has 0 amide bonds. The first-order chi connectivity index (χ1) is 3.92. The van der Waals surface area contributed by atoms with E-state index in [1.165, 1.54) is 6.92 Å². The predicted molar refractivity (Wildman–Crippen MR) is 30.3 cm³/mol. The highest BCUT2D eigenvalue weighted by atomic mass is 16.7. The standard InChI is InChI=1S/C5H12O4/c1-4(6)2-3-5(7,8)9/h4,6-9H,2-3H2,1H3. The van der Waals surface area contributed by atoms with Crippen molar-refractivity contribution in [3.8, 4) is 0 Å². The second-order valence-corrected chi connectivity index (χ2v) is 2.16. The second kappa shape index (κ2) is 3.12. The van der Waals surface area contributed by atoms with Crippen molar-refractivity contribution < 1.29 is 20.4 Å². The van der Waals surface area contributed by atoms with Crippen LogP contribution in [0.5, 0.6) is 0 Å². The van der Waals surface area contributed by atoms with Crippen molar-refractivity contribution in [1.29, 1.82) is 0 Å². The molecule has 0 aliphatic carbocycles. The van der Waals surface area contributed by atoms with Gasteiger partial charge in [-0.3, -0.25) is 0 Å². The van der Waals surface area contributed by atoms with Crippen molar-refractivity contribution in [2.75, 3.05) is 0 Å². The van der Waals surface area contributed by atoms with E-state index in [2.05, 4.69) is 0 Å². The molecule has 56 valence electrons. The molecule has 0 saturated carbocycles. The summed E-state index contributed by atoms with van der Waals surface area (Å²) in [6.45, 7) is 1.51. The zero-order valence-corrected chi connectivity index (χ0v) is 5.28. The van der Waals surface area contributed by atoms with E-state index >= 15 is 0 Å². The Morgan fingerprint density at radius 3 is 1.89 bits per heavy atom. The number of hydrogen-bond acceptors (Lipinski definition) is 4. The molecule has 0 bridgehead atoms. The van der Waals surface area contributed by atoms with Crippen molar-refractivity contribution in [2.24, 2.45) is 0 Å². The first-order valence-electron chi connectivity index (χ1n) is 2.77. The molecule has 0 aliphatic rings. The molecule has 9 heavy (non-hydrogen) atoms. The lowest BCUT2D eigenvalue weighted by Gasteiger charge is -2.13. The van der Waals surface area contributed by atoms with Gasteiger partial charge in [0.1, 0.15) is 0 Å². The van der Waals surface area contributed by atoms with Crippen LogP contribution in [0.25, 0.3) is 0 Å². The first-order valence-corrected chi connectivity index (χ1v) is 2.77. The van der Waals surface area contributed by atoms with E-state index in [4.69, 9.17) is 20.4 Å². The van der Waals surface area contributed by atoms with Gasteiger partial charge < -0.3 is 20.4 Å². The molecule has 4 heteroatoms. The Morgan fingerprint density at radius 1 is 1.33 bits per heavy atom. The number of aliphatic hydroxyl groups is 4. The van der Waals surface area contributed by atoms with Crippen LogP contribution in [-0.4, -0.2) is 32.5 Å². The van der Waals surface area contributed by atoms with E-state index in [9.17, 15) is 0 Å². The highest BCUT2D eigenvalue weighted by Gasteiger charge is 2.17. The fourth-order valence-corrected chi connectivity index (χ4v) is 0.403. The van der Waals surface area contributed by atoms with Crippen LogP contribution < -0.4 is 0 Å². The third-order valence-corrected chi connectivity index (χ3v) is 0.898. The maximum atomic E-state index is 8.58. The van der Waals surface area contributed by atoms with Gasteiger partial charge in [0.2, 0.25) is 0 Å². The number of hydrogen-bond donors (Lipinski definition) is 4. The molecule has 1 atom stereocenters. The summed E-state index contributed by atoms with van der Waals surface area (Å²) in [6.07, 6.45) is -0.676. The quantitative estimate of drug-likeness (QED) is 0.366. The summed E-state index contributed by atoms with van der Waals surface area (Å²) in [5, 5.41) is 33.4. The zero-order chi connectivity index (χ0) is 7.49. The molecule has 0 aromatic carbocycles. The smallest absolute Gasteiger partial charge is 0.275 e. The van der Waals surface area contributed by atoms with Gasteiger partial charge in [0.25, 0.3) is 5.97 Å². The molecule has 0 aliphatic heterocycles. The molecular weight excluding hydrogens is 124 g/mol. The molecule has 0 saturated heterocycles. The lowest BCUT2D eigenvalue weighted by atomic mass is 10.2. The maximum absolute atomic E-state index is 8.58. The summed E-state index contributed by atoms with van der Waals surface area (Å²) in [4.78, 5) is 0. The molecule has 0 heterocycles. The first kappa shape index (κ1) is 8.84. The van der Waals surface area contributed by atoms with Gasteiger partial charge >= 0.3 is 0 Å². The van der Waals surface area contributed by atoms with Crippen molar-refractivity contribution >= 4 is 0 Å². The van der Waals surface area contributed by atoms with E-state index in [1.54, 1.807) is 0 Å². The van der Waals surface area contributed by atoms with Crippen LogP contribution in [0.4, 0.5) is 0 Å². The van der Waals surface area contributed by atoms with Crippen molar-refractivity contribution in [2.45, 2.75) is 31.8 Å². The lowest BCUT2D eigenvalue weighted by Crippen LogP contribution is -2.28. The minimum atomic E-state index is -2.63. The van der Waals surface area contributed by atoms with Gasteiger partial charge in [-0.2, -0.15) is 0 Å². The molecule has 0 fully saturated rings. The molecule has 1 unspecified atom stereocenters. The minimum absolute atomic E-state index is 0.170. The summed E-state index contributed by atoms with van der Waals surface area (Å²) >= 11 is 0. The van der Waals surface area contributed by atoms with Crippen molar-refractivity contribution in [3.05, 3.63) is 0 Å². The summed E-state index contributed by atoms with van der Waals surface area (Å²) < 4.78 is 0. The SMILES string of the molecule is CC(O)CCC(O)(O)O. The highest BCUT2D eigenvalue weighted by Crippen LogP contribution is 2.05. The average molecular weight is 136 g/mol. The monoisotopic (exact) mass is 136 g/mol. The summed E-state index contributed by atoms with van der Waals surface area (Å²) in [7, 11) is 0. The van der Waals surface area contributed by atoms with Gasteiger partial charge in [-0.25, -0.2) is 0 Å². The summed E-state index contributed by atoms with van der Waals surface area (Å²) in [5.41, 5.74) is 0. The maximum Gasteiger partial charge on any atom is 0.275 e. The van der Waals surface area contributed by atoms with Gasteiger partial charge in [0, 0.05) is 6.42 Å². The fraction of sp³-hybridized carbons (Fsp3) is 1.00. The van der Waals surface area contributed by atoms with Crippen LogP contribution in [0.3, 0.4) is 0 Å². The largest absolute Gasteiger partial charge is 0.393 e. The van der Waals surface area contributed by atoms with Crippen molar-refractivity contribution in [3.63, 3.8) is 0 Å². The van der Waals surface area contributed by atoms with Gasteiger partial charge in [0.15, 0.2) is 0 Å².